The third-order valence-corrected chi connectivity index (χ3v) is 3.40. The second kappa shape index (κ2) is 12.1. The summed E-state index contributed by atoms with van der Waals surface area (Å²) in [5.41, 5.74) is 1.51. The SMILES string of the molecule is CCCNC(=O)CCNC(=NCc1cc(C)ccc1OC(F)F)NCC. The van der Waals surface area contributed by atoms with Gasteiger partial charge in [0.15, 0.2) is 5.96 Å². The number of aryl methyl sites for hydroxylation is 1. The Hall–Kier alpha value is -2.38. The molecule has 0 spiro atoms. The lowest BCUT2D eigenvalue weighted by molar-refractivity contribution is -0.120. The predicted molar refractivity (Wildman–Crippen MR) is 98.5 cm³/mol. The highest BCUT2D eigenvalue weighted by molar-refractivity contribution is 5.81. The lowest BCUT2D eigenvalue weighted by Crippen LogP contribution is -2.39. The zero-order chi connectivity index (χ0) is 19.4. The first-order valence-corrected chi connectivity index (χ1v) is 8.79. The van der Waals surface area contributed by atoms with Crippen LogP contribution >= 0.6 is 0 Å². The van der Waals surface area contributed by atoms with E-state index in [1.165, 1.54) is 6.07 Å². The monoisotopic (exact) mass is 370 g/mol. The van der Waals surface area contributed by atoms with Gasteiger partial charge in [-0.15, -0.1) is 0 Å². The third-order valence-electron chi connectivity index (χ3n) is 3.40. The van der Waals surface area contributed by atoms with Crippen LogP contribution in [0, 0.1) is 6.92 Å². The number of guanidine groups is 1. The Morgan fingerprint density at radius 2 is 1.96 bits per heavy atom. The molecule has 1 aromatic rings. The molecule has 1 rings (SSSR count). The summed E-state index contributed by atoms with van der Waals surface area (Å²) in [6, 6.07) is 5.00. The van der Waals surface area contributed by atoms with E-state index in [-0.39, 0.29) is 18.2 Å². The number of ether oxygens (including phenoxy) is 1. The van der Waals surface area contributed by atoms with Crippen LogP contribution in [0.1, 0.15) is 37.8 Å². The molecule has 0 unspecified atom stereocenters. The number of carbonyl (C=O) groups excluding carboxylic acids is 1. The van der Waals surface area contributed by atoms with E-state index in [0.29, 0.717) is 37.6 Å². The molecule has 26 heavy (non-hydrogen) atoms. The molecule has 1 aromatic carbocycles. The van der Waals surface area contributed by atoms with Crippen LogP contribution in [-0.2, 0) is 11.3 Å². The Morgan fingerprint density at radius 3 is 2.62 bits per heavy atom. The molecule has 0 aliphatic rings. The summed E-state index contributed by atoms with van der Waals surface area (Å²) in [5.74, 6) is 0.603. The van der Waals surface area contributed by atoms with Crippen LogP contribution in [0.4, 0.5) is 8.78 Å². The summed E-state index contributed by atoms with van der Waals surface area (Å²) >= 11 is 0. The number of hydrogen-bond donors (Lipinski definition) is 3. The van der Waals surface area contributed by atoms with Gasteiger partial charge in [0.05, 0.1) is 6.54 Å². The highest BCUT2D eigenvalue weighted by atomic mass is 19.3. The fourth-order valence-corrected chi connectivity index (χ4v) is 2.20. The fourth-order valence-electron chi connectivity index (χ4n) is 2.20. The smallest absolute Gasteiger partial charge is 0.387 e. The maximum Gasteiger partial charge on any atom is 0.387 e. The van der Waals surface area contributed by atoms with Gasteiger partial charge in [-0.25, -0.2) is 4.99 Å². The van der Waals surface area contributed by atoms with Gasteiger partial charge in [0.25, 0.3) is 0 Å². The van der Waals surface area contributed by atoms with Crippen molar-refractivity contribution < 1.29 is 18.3 Å². The molecule has 0 aliphatic heterocycles. The lowest BCUT2D eigenvalue weighted by Gasteiger charge is -2.13. The zero-order valence-corrected chi connectivity index (χ0v) is 15.6. The molecule has 1 amide bonds. The van der Waals surface area contributed by atoms with Crippen LogP contribution in [-0.4, -0.2) is 38.1 Å². The summed E-state index contributed by atoms with van der Waals surface area (Å²) in [6.45, 7) is 4.81. The number of alkyl halides is 2. The quantitative estimate of drug-likeness (QED) is 0.437. The van der Waals surface area contributed by atoms with Crippen molar-refractivity contribution >= 4 is 11.9 Å². The van der Waals surface area contributed by atoms with Gasteiger partial charge >= 0.3 is 6.61 Å². The number of hydrogen-bond acceptors (Lipinski definition) is 3. The third kappa shape index (κ3) is 8.64. The van der Waals surface area contributed by atoms with Crippen molar-refractivity contribution in [1.82, 2.24) is 16.0 Å². The summed E-state index contributed by atoms with van der Waals surface area (Å²) in [7, 11) is 0. The van der Waals surface area contributed by atoms with E-state index in [9.17, 15) is 13.6 Å². The van der Waals surface area contributed by atoms with Crippen molar-refractivity contribution in [3.63, 3.8) is 0 Å². The van der Waals surface area contributed by atoms with Crippen LogP contribution < -0.4 is 20.7 Å². The largest absolute Gasteiger partial charge is 0.434 e. The fraction of sp³-hybridized carbons (Fsp3) is 0.556. The molecule has 0 saturated heterocycles. The molecular weight excluding hydrogens is 342 g/mol. The van der Waals surface area contributed by atoms with Gasteiger partial charge in [-0.05, 0) is 26.3 Å². The van der Waals surface area contributed by atoms with Crippen molar-refractivity contribution in [2.24, 2.45) is 4.99 Å². The van der Waals surface area contributed by atoms with Gasteiger partial charge < -0.3 is 20.7 Å². The van der Waals surface area contributed by atoms with E-state index in [0.717, 1.165) is 12.0 Å². The maximum absolute atomic E-state index is 12.5. The summed E-state index contributed by atoms with van der Waals surface area (Å²) in [6.07, 6.45) is 1.22. The molecular formula is C18H28F2N4O2. The number of amides is 1. The first kappa shape index (κ1) is 21.7. The second-order valence-electron chi connectivity index (χ2n) is 5.71. The van der Waals surface area contributed by atoms with Gasteiger partial charge in [-0.3, -0.25) is 4.79 Å². The summed E-state index contributed by atoms with van der Waals surface area (Å²) < 4.78 is 29.6. The van der Waals surface area contributed by atoms with Crippen LogP contribution in [0.15, 0.2) is 23.2 Å². The normalized spacial score (nSPS) is 11.4. The summed E-state index contributed by atoms with van der Waals surface area (Å²) in [4.78, 5) is 16.0. The standard InChI is InChI=1S/C18H28F2N4O2/c1-4-9-22-16(25)8-10-23-18(21-5-2)24-12-14-11-13(3)6-7-15(14)26-17(19)20/h6-7,11,17H,4-5,8-10,12H2,1-3H3,(H,22,25)(H2,21,23,24). The molecule has 0 radical (unpaired) electrons. The number of halogens is 2. The number of benzene rings is 1. The number of nitrogens with zero attached hydrogens (tertiary/aromatic N) is 1. The minimum absolute atomic E-state index is 0.0264. The Bertz CT molecular complexity index is 595. The molecule has 3 N–H and O–H groups in total. The maximum atomic E-state index is 12.5. The van der Waals surface area contributed by atoms with Crippen molar-refractivity contribution in [2.45, 2.75) is 46.8 Å². The molecule has 0 aromatic heterocycles. The highest BCUT2D eigenvalue weighted by Gasteiger charge is 2.10. The van der Waals surface area contributed by atoms with Crippen LogP contribution in [0.3, 0.4) is 0 Å². The van der Waals surface area contributed by atoms with Gasteiger partial charge in [0.1, 0.15) is 5.75 Å². The Labute approximate surface area is 153 Å². The molecule has 0 heterocycles. The number of nitrogens with one attached hydrogen (secondary N) is 3. The van der Waals surface area contributed by atoms with Crippen molar-refractivity contribution in [3.8, 4) is 5.75 Å². The highest BCUT2D eigenvalue weighted by Crippen LogP contribution is 2.22. The van der Waals surface area contributed by atoms with E-state index >= 15 is 0 Å². The van der Waals surface area contributed by atoms with E-state index < -0.39 is 6.61 Å². The van der Waals surface area contributed by atoms with Crippen LogP contribution in [0.25, 0.3) is 0 Å². The molecule has 0 fully saturated rings. The molecule has 0 aliphatic carbocycles. The number of carbonyl (C=O) groups is 1. The van der Waals surface area contributed by atoms with Crippen molar-refractivity contribution in [2.75, 3.05) is 19.6 Å². The minimum atomic E-state index is -2.88. The molecule has 0 bridgehead atoms. The predicted octanol–water partition coefficient (Wildman–Crippen LogP) is 2.57. The van der Waals surface area contributed by atoms with Gasteiger partial charge in [-0.2, -0.15) is 8.78 Å². The van der Waals surface area contributed by atoms with Gasteiger partial charge in [0, 0.05) is 31.6 Å². The van der Waals surface area contributed by atoms with E-state index in [1.54, 1.807) is 12.1 Å². The first-order valence-electron chi connectivity index (χ1n) is 8.79. The topological polar surface area (TPSA) is 74.8 Å². The summed E-state index contributed by atoms with van der Waals surface area (Å²) in [5, 5.41) is 8.93. The molecule has 6 nitrogen and oxygen atoms in total. The Kier molecular flexibility index (Phi) is 10.0. The molecule has 146 valence electrons. The number of rotatable bonds is 10. The van der Waals surface area contributed by atoms with Gasteiger partial charge in [-0.1, -0.05) is 24.6 Å². The van der Waals surface area contributed by atoms with E-state index in [1.807, 2.05) is 20.8 Å². The molecule has 8 heteroatoms. The Morgan fingerprint density at radius 1 is 1.19 bits per heavy atom. The van der Waals surface area contributed by atoms with Crippen molar-refractivity contribution in [3.05, 3.63) is 29.3 Å². The lowest BCUT2D eigenvalue weighted by atomic mass is 10.1. The molecule has 0 saturated carbocycles. The van der Waals surface area contributed by atoms with E-state index in [4.69, 9.17) is 0 Å². The van der Waals surface area contributed by atoms with Crippen molar-refractivity contribution in [1.29, 1.82) is 0 Å². The average molecular weight is 370 g/mol. The molecule has 0 atom stereocenters. The van der Waals surface area contributed by atoms with E-state index in [2.05, 4.69) is 25.7 Å². The minimum Gasteiger partial charge on any atom is -0.434 e. The number of aliphatic imine (C=N–C) groups is 1. The second-order valence-corrected chi connectivity index (χ2v) is 5.71. The van der Waals surface area contributed by atoms with Crippen LogP contribution in [0.5, 0.6) is 5.75 Å². The Balaban J connectivity index is 2.68. The average Bonchev–Trinajstić information content (AvgIpc) is 2.59. The van der Waals surface area contributed by atoms with Gasteiger partial charge in [0.2, 0.25) is 5.91 Å². The first-order chi connectivity index (χ1) is 12.5. The zero-order valence-electron chi connectivity index (χ0n) is 15.6. The van der Waals surface area contributed by atoms with Crippen LogP contribution in [0.2, 0.25) is 0 Å².